The Hall–Kier alpha value is -3.22. The van der Waals surface area contributed by atoms with E-state index in [0.29, 0.717) is 17.9 Å². The number of carbonyl (C=O) groups is 2. The molecule has 26 heavy (non-hydrogen) atoms. The first-order chi connectivity index (χ1) is 12.6. The predicted molar refractivity (Wildman–Crippen MR) is 104 cm³/mol. The lowest BCUT2D eigenvalue weighted by atomic mass is 10.3. The number of rotatable bonds is 7. The molecular weight excluding hydrogens is 332 g/mol. The summed E-state index contributed by atoms with van der Waals surface area (Å²) in [6.45, 7) is 1.39. The van der Waals surface area contributed by atoms with E-state index in [0.717, 1.165) is 18.7 Å². The first-order valence-electron chi connectivity index (χ1n) is 8.34. The lowest BCUT2D eigenvalue weighted by Crippen LogP contribution is -2.31. The fourth-order valence-electron chi connectivity index (χ4n) is 2.35. The molecule has 0 aliphatic carbocycles. The molecule has 0 aromatic heterocycles. The summed E-state index contributed by atoms with van der Waals surface area (Å²) in [6.07, 6.45) is 0.261. The molecule has 3 amide bonds. The Kier molecular flexibility index (Phi) is 7.30. The zero-order valence-electron chi connectivity index (χ0n) is 15.0. The van der Waals surface area contributed by atoms with Gasteiger partial charge in [0.2, 0.25) is 0 Å². The quantitative estimate of drug-likeness (QED) is 0.663. The summed E-state index contributed by atoms with van der Waals surface area (Å²) in [6, 6.07) is 16.6. The van der Waals surface area contributed by atoms with E-state index >= 15 is 0 Å². The molecule has 0 spiro atoms. The highest BCUT2D eigenvalue weighted by atomic mass is 16.5. The van der Waals surface area contributed by atoms with Crippen LogP contribution in [-0.2, 0) is 4.74 Å². The Labute approximate surface area is 153 Å². The molecule has 7 nitrogen and oxygen atoms in total. The minimum atomic E-state index is -0.561. The molecule has 0 unspecified atom stereocenters. The van der Waals surface area contributed by atoms with Crippen LogP contribution >= 0.6 is 0 Å². The van der Waals surface area contributed by atoms with Gasteiger partial charge >= 0.3 is 12.1 Å². The van der Waals surface area contributed by atoms with Crippen LogP contribution in [0.2, 0.25) is 0 Å². The van der Waals surface area contributed by atoms with Crippen molar-refractivity contribution in [3.8, 4) is 0 Å². The maximum atomic E-state index is 12.0. The number of ether oxygens (including phenoxy) is 1. The topological polar surface area (TPSA) is 82.7 Å². The van der Waals surface area contributed by atoms with Crippen LogP contribution in [0.25, 0.3) is 0 Å². The number of nitrogens with zero attached hydrogens (tertiary/aromatic N) is 1. The smallest absolute Gasteiger partial charge is 0.411 e. The van der Waals surface area contributed by atoms with Gasteiger partial charge in [0.05, 0.1) is 7.11 Å². The third-order valence-electron chi connectivity index (χ3n) is 3.71. The number of urea groups is 1. The van der Waals surface area contributed by atoms with Gasteiger partial charge in [-0.15, -0.1) is 0 Å². The monoisotopic (exact) mass is 356 g/mol. The highest BCUT2D eigenvalue weighted by Crippen LogP contribution is 2.15. The molecule has 7 heteroatoms. The lowest BCUT2D eigenvalue weighted by molar-refractivity contribution is 0.187. The molecule has 0 aliphatic heterocycles. The van der Waals surface area contributed by atoms with E-state index in [2.05, 4.69) is 37.7 Å². The van der Waals surface area contributed by atoms with Gasteiger partial charge in [-0.25, -0.2) is 9.59 Å². The van der Waals surface area contributed by atoms with E-state index in [9.17, 15) is 9.59 Å². The van der Waals surface area contributed by atoms with Crippen LogP contribution in [0.1, 0.15) is 6.42 Å². The first-order valence-corrected chi connectivity index (χ1v) is 8.34. The maximum Gasteiger partial charge on any atom is 0.411 e. The first kappa shape index (κ1) is 19.1. The number of para-hydroxylation sites is 1. The van der Waals surface area contributed by atoms with Crippen LogP contribution in [0, 0.1) is 0 Å². The van der Waals surface area contributed by atoms with Crippen LogP contribution in [0.3, 0.4) is 0 Å². The molecule has 0 heterocycles. The van der Waals surface area contributed by atoms with Crippen LogP contribution in [0.15, 0.2) is 54.6 Å². The maximum absolute atomic E-state index is 12.0. The minimum Gasteiger partial charge on any atom is -0.453 e. The molecule has 2 aromatic carbocycles. The van der Waals surface area contributed by atoms with Gasteiger partial charge in [0.15, 0.2) is 0 Å². The Morgan fingerprint density at radius 1 is 1.00 bits per heavy atom. The van der Waals surface area contributed by atoms with Crippen molar-refractivity contribution >= 4 is 29.2 Å². The Balaban J connectivity index is 1.72. The van der Waals surface area contributed by atoms with Crippen molar-refractivity contribution in [1.82, 2.24) is 5.32 Å². The number of anilines is 3. The van der Waals surface area contributed by atoms with E-state index in [1.165, 1.54) is 7.11 Å². The van der Waals surface area contributed by atoms with E-state index in [-0.39, 0.29) is 6.03 Å². The summed E-state index contributed by atoms with van der Waals surface area (Å²) in [5, 5.41) is 8.11. The number of methoxy groups -OCH3 is 1. The fraction of sp³-hybridized carbons (Fsp3) is 0.263. The van der Waals surface area contributed by atoms with Crippen molar-refractivity contribution in [3.05, 3.63) is 54.6 Å². The van der Waals surface area contributed by atoms with Crippen LogP contribution < -0.4 is 20.9 Å². The number of hydrogen-bond donors (Lipinski definition) is 3. The molecule has 2 aromatic rings. The van der Waals surface area contributed by atoms with Gasteiger partial charge in [0.1, 0.15) is 0 Å². The fourth-order valence-corrected chi connectivity index (χ4v) is 2.35. The van der Waals surface area contributed by atoms with Crippen molar-refractivity contribution in [1.29, 1.82) is 0 Å². The Bertz CT molecular complexity index is 722. The van der Waals surface area contributed by atoms with Crippen molar-refractivity contribution in [2.24, 2.45) is 0 Å². The standard InChI is InChI=1S/C19H24N4O3/c1-23(17-10-4-3-5-11-17)13-7-12-20-18(24)21-15-8-6-9-16(14-15)22-19(25)26-2/h3-6,8-11,14H,7,12-13H2,1-2H3,(H,22,25)(H2,20,21,24). The number of carbonyl (C=O) groups excluding carboxylic acids is 2. The highest BCUT2D eigenvalue weighted by Gasteiger charge is 2.05. The van der Waals surface area contributed by atoms with Gasteiger partial charge in [0, 0.05) is 37.2 Å². The molecule has 3 N–H and O–H groups in total. The van der Waals surface area contributed by atoms with Gasteiger partial charge in [-0.3, -0.25) is 5.32 Å². The van der Waals surface area contributed by atoms with Crippen molar-refractivity contribution in [2.45, 2.75) is 6.42 Å². The predicted octanol–water partition coefficient (Wildman–Crippen LogP) is 3.51. The van der Waals surface area contributed by atoms with Gasteiger partial charge in [0.25, 0.3) is 0 Å². The molecule has 0 bridgehead atoms. The highest BCUT2D eigenvalue weighted by molar-refractivity contribution is 5.91. The van der Waals surface area contributed by atoms with Crippen LogP contribution in [0.5, 0.6) is 0 Å². The molecule has 0 saturated heterocycles. The molecule has 0 saturated carbocycles. The molecule has 0 fully saturated rings. The summed E-state index contributed by atoms with van der Waals surface area (Å²) in [5.41, 5.74) is 2.27. The van der Waals surface area contributed by atoms with E-state index in [4.69, 9.17) is 0 Å². The molecule has 0 radical (unpaired) electrons. The SMILES string of the molecule is COC(=O)Nc1cccc(NC(=O)NCCCN(C)c2ccccc2)c1. The summed E-state index contributed by atoms with van der Waals surface area (Å²) in [7, 11) is 3.31. The molecule has 138 valence electrons. The van der Waals surface area contributed by atoms with E-state index < -0.39 is 6.09 Å². The number of hydrogen-bond acceptors (Lipinski definition) is 4. The summed E-state index contributed by atoms with van der Waals surface area (Å²) >= 11 is 0. The van der Waals surface area contributed by atoms with E-state index in [1.807, 2.05) is 25.2 Å². The molecule has 0 aliphatic rings. The van der Waals surface area contributed by atoms with E-state index in [1.54, 1.807) is 24.3 Å². The zero-order valence-corrected chi connectivity index (χ0v) is 15.0. The summed E-state index contributed by atoms with van der Waals surface area (Å²) in [4.78, 5) is 25.3. The van der Waals surface area contributed by atoms with Gasteiger partial charge in [-0.05, 0) is 36.8 Å². The summed E-state index contributed by atoms with van der Waals surface area (Å²) in [5.74, 6) is 0. The van der Waals surface area contributed by atoms with Crippen molar-refractivity contribution < 1.29 is 14.3 Å². The molecular formula is C19H24N4O3. The normalized spacial score (nSPS) is 9.92. The van der Waals surface area contributed by atoms with Gasteiger partial charge < -0.3 is 20.3 Å². The minimum absolute atomic E-state index is 0.289. The lowest BCUT2D eigenvalue weighted by Gasteiger charge is -2.19. The third-order valence-corrected chi connectivity index (χ3v) is 3.71. The van der Waals surface area contributed by atoms with Crippen molar-refractivity contribution in [3.63, 3.8) is 0 Å². The Morgan fingerprint density at radius 3 is 2.38 bits per heavy atom. The second-order valence-electron chi connectivity index (χ2n) is 5.69. The van der Waals surface area contributed by atoms with Gasteiger partial charge in [-0.2, -0.15) is 0 Å². The third kappa shape index (κ3) is 6.35. The number of benzene rings is 2. The zero-order chi connectivity index (χ0) is 18.8. The summed E-state index contributed by atoms with van der Waals surface area (Å²) < 4.78 is 4.54. The molecule has 2 rings (SSSR count). The average Bonchev–Trinajstić information content (AvgIpc) is 2.66. The average molecular weight is 356 g/mol. The number of amides is 3. The number of nitrogens with one attached hydrogen (secondary N) is 3. The molecule has 0 atom stereocenters. The Morgan fingerprint density at radius 2 is 1.69 bits per heavy atom. The van der Waals surface area contributed by atoms with Gasteiger partial charge in [-0.1, -0.05) is 24.3 Å². The van der Waals surface area contributed by atoms with Crippen molar-refractivity contribution in [2.75, 3.05) is 42.8 Å². The second kappa shape index (κ2) is 9.93. The van der Waals surface area contributed by atoms with Crippen LogP contribution in [-0.4, -0.2) is 39.4 Å². The second-order valence-corrected chi connectivity index (χ2v) is 5.69. The largest absolute Gasteiger partial charge is 0.453 e. The van der Waals surface area contributed by atoms with Crippen LogP contribution in [0.4, 0.5) is 26.7 Å².